The van der Waals surface area contributed by atoms with Gasteiger partial charge in [-0.1, -0.05) is 128 Å². The summed E-state index contributed by atoms with van der Waals surface area (Å²) in [6, 6.07) is 16.3. The average molecular weight is 543 g/mol. The smallest absolute Gasteiger partial charge is 0.338 e. The molecule has 0 saturated carbocycles. The van der Waals surface area contributed by atoms with Crippen LogP contribution in [0.4, 0.5) is 5.69 Å². The first kappa shape index (κ1) is 32.2. The van der Waals surface area contributed by atoms with Crippen molar-refractivity contribution in [3.05, 3.63) is 65.7 Å². The molecular weight excluding hydrogens is 492 g/mol. The van der Waals surface area contributed by atoms with Crippen molar-refractivity contribution >= 4 is 23.3 Å². The zero-order valence-electron chi connectivity index (χ0n) is 23.9. The number of rotatable bonds is 19. The molecule has 2 aromatic rings. The van der Waals surface area contributed by atoms with Crippen LogP contribution in [0.1, 0.15) is 120 Å². The third-order valence-corrected chi connectivity index (χ3v) is 8.46. The minimum absolute atomic E-state index is 0.162. The highest BCUT2D eigenvalue weighted by molar-refractivity contribution is 6.21. The molecule has 0 amide bonds. The molecule has 0 radical (unpaired) electrons. The van der Waals surface area contributed by atoms with Gasteiger partial charge in [-0.3, -0.25) is 0 Å². The van der Waals surface area contributed by atoms with Crippen LogP contribution in [-0.4, -0.2) is 17.4 Å². The SMILES string of the molecule is CCCCCCCCCCCCCC(C)C(Cl)C(N)C(C)C(OC(=O)c1cccc(N)c1)c1ccccc1. The number of hydrogen-bond donors (Lipinski definition) is 2. The van der Waals surface area contributed by atoms with Gasteiger partial charge in [-0.2, -0.15) is 0 Å². The van der Waals surface area contributed by atoms with Crippen LogP contribution in [0.15, 0.2) is 54.6 Å². The lowest BCUT2D eigenvalue weighted by atomic mass is 9.84. The predicted octanol–water partition coefficient (Wildman–Crippen LogP) is 9.07. The number of benzene rings is 2. The fourth-order valence-electron chi connectivity index (χ4n) is 5.13. The number of carbonyl (C=O) groups excluding carboxylic acids is 1. The van der Waals surface area contributed by atoms with Gasteiger partial charge in [0.2, 0.25) is 0 Å². The molecule has 0 spiro atoms. The summed E-state index contributed by atoms with van der Waals surface area (Å²) in [4.78, 5) is 13.0. The normalized spacial score (nSPS) is 15.4. The van der Waals surface area contributed by atoms with Crippen molar-refractivity contribution in [3.8, 4) is 0 Å². The standard InChI is InChI=1S/C33H51ClN2O2/c1-4-5-6-7-8-9-10-11-12-13-15-19-25(2)30(34)31(36)26(3)32(27-20-16-14-17-21-27)38-33(37)28-22-18-23-29(35)24-28/h14,16-18,20-26,30-32H,4-13,15,19,35-36H2,1-3H3. The summed E-state index contributed by atoms with van der Waals surface area (Å²) in [5, 5.41) is -0.203. The van der Waals surface area contributed by atoms with E-state index in [9.17, 15) is 4.79 Å². The Labute approximate surface area is 236 Å². The van der Waals surface area contributed by atoms with Crippen LogP contribution >= 0.6 is 11.6 Å². The number of ether oxygens (including phenoxy) is 1. The van der Waals surface area contributed by atoms with Crippen molar-refractivity contribution in [2.24, 2.45) is 17.6 Å². The zero-order chi connectivity index (χ0) is 27.8. The molecule has 5 unspecified atom stereocenters. The number of halogens is 1. The number of unbranched alkanes of at least 4 members (excludes halogenated alkanes) is 10. The number of anilines is 1. The molecule has 5 heteroatoms. The molecule has 2 aromatic carbocycles. The van der Waals surface area contributed by atoms with Gasteiger partial charge in [0.15, 0.2) is 0 Å². The number of alkyl halides is 1. The highest BCUT2D eigenvalue weighted by Crippen LogP contribution is 2.33. The molecule has 0 bridgehead atoms. The van der Waals surface area contributed by atoms with E-state index in [0.717, 1.165) is 12.0 Å². The van der Waals surface area contributed by atoms with Crippen LogP contribution in [0.5, 0.6) is 0 Å². The Hall–Kier alpha value is -2.04. The van der Waals surface area contributed by atoms with Gasteiger partial charge in [-0.05, 0) is 36.1 Å². The molecule has 2 rings (SSSR count). The highest BCUT2D eigenvalue weighted by atomic mass is 35.5. The molecule has 0 fully saturated rings. The van der Waals surface area contributed by atoms with E-state index in [-0.39, 0.29) is 23.3 Å². The third-order valence-electron chi connectivity index (χ3n) is 7.74. The Balaban J connectivity index is 1.84. The zero-order valence-corrected chi connectivity index (χ0v) is 24.7. The fraction of sp³-hybridized carbons (Fsp3) is 0.606. The second-order valence-corrected chi connectivity index (χ2v) is 11.5. The van der Waals surface area contributed by atoms with Crippen molar-refractivity contribution in [3.63, 3.8) is 0 Å². The quantitative estimate of drug-likeness (QED) is 0.0802. The van der Waals surface area contributed by atoms with Gasteiger partial charge in [0.25, 0.3) is 0 Å². The van der Waals surface area contributed by atoms with E-state index >= 15 is 0 Å². The van der Waals surface area contributed by atoms with Crippen LogP contribution in [0, 0.1) is 11.8 Å². The molecule has 0 aromatic heterocycles. The van der Waals surface area contributed by atoms with Gasteiger partial charge >= 0.3 is 5.97 Å². The Morgan fingerprint density at radius 3 is 2.00 bits per heavy atom. The molecule has 0 aliphatic carbocycles. The van der Waals surface area contributed by atoms with E-state index in [1.807, 2.05) is 37.3 Å². The summed E-state index contributed by atoms with van der Waals surface area (Å²) in [5.41, 5.74) is 14.5. The van der Waals surface area contributed by atoms with Crippen molar-refractivity contribution in [1.82, 2.24) is 0 Å². The van der Waals surface area contributed by atoms with E-state index < -0.39 is 12.1 Å². The Kier molecular flexibility index (Phi) is 15.5. The van der Waals surface area contributed by atoms with Crippen LogP contribution in [0.3, 0.4) is 0 Å². The molecule has 212 valence electrons. The van der Waals surface area contributed by atoms with Gasteiger partial charge in [0, 0.05) is 17.6 Å². The fourth-order valence-corrected chi connectivity index (χ4v) is 5.49. The number of carbonyl (C=O) groups is 1. The topological polar surface area (TPSA) is 78.3 Å². The second kappa shape index (κ2) is 18.3. The molecule has 38 heavy (non-hydrogen) atoms. The first-order valence-corrected chi connectivity index (χ1v) is 15.3. The summed E-state index contributed by atoms with van der Waals surface area (Å²) < 4.78 is 6.03. The van der Waals surface area contributed by atoms with E-state index in [0.29, 0.717) is 11.3 Å². The number of hydrogen-bond acceptors (Lipinski definition) is 4. The van der Waals surface area contributed by atoms with Gasteiger partial charge < -0.3 is 16.2 Å². The average Bonchev–Trinajstić information content (AvgIpc) is 2.93. The first-order chi connectivity index (χ1) is 18.3. The van der Waals surface area contributed by atoms with Crippen molar-refractivity contribution in [2.45, 2.75) is 115 Å². The van der Waals surface area contributed by atoms with Gasteiger partial charge in [-0.25, -0.2) is 4.79 Å². The summed E-state index contributed by atoms with van der Waals surface area (Å²) >= 11 is 6.93. The Morgan fingerprint density at radius 2 is 1.42 bits per heavy atom. The van der Waals surface area contributed by atoms with Crippen LogP contribution in [0.25, 0.3) is 0 Å². The molecular formula is C33H51ClN2O2. The molecule has 0 aliphatic heterocycles. The monoisotopic (exact) mass is 542 g/mol. The minimum atomic E-state index is -0.504. The number of nitrogens with two attached hydrogens (primary N) is 2. The summed E-state index contributed by atoms with van der Waals surface area (Å²) in [5.74, 6) is -0.288. The van der Waals surface area contributed by atoms with E-state index in [1.54, 1.807) is 24.3 Å². The summed E-state index contributed by atoms with van der Waals surface area (Å²) in [6.07, 6.45) is 15.2. The molecule has 0 heterocycles. The van der Waals surface area contributed by atoms with Crippen molar-refractivity contribution in [2.75, 3.05) is 5.73 Å². The Morgan fingerprint density at radius 1 is 0.842 bits per heavy atom. The molecule has 4 nitrogen and oxygen atoms in total. The number of nitrogen functional groups attached to an aromatic ring is 1. The van der Waals surface area contributed by atoms with Crippen LogP contribution in [0.2, 0.25) is 0 Å². The minimum Gasteiger partial charge on any atom is -0.454 e. The second-order valence-electron chi connectivity index (χ2n) is 11.0. The molecule has 5 atom stereocenters. The highest BCUT2D eigenvalue weighted by Gasteiger charge is 2.34. The lowest BCUT2D eigenvalue weighted by Gasteiger charge is -2.33. The lowest BCUT2D eigenvalue weighted by Crippen LogP contribution is -2.43. The van der Waals surface area contributed by atoms with E-state index in [4.69, 9.17) is 27.8 Å². The van der Waals surface area contributed by atoms with Crippen molar-refractivity contribution in [1.29, 1.82) is 0 Å². The maximum absolute atomic E-state index is 13.0. The van der Waals surface area contributed by atoms with Crippen molar-refractivity contribution < 1.29 is 9.53 Å². The van der Waals surface area contributed by atoms with Crippen LogP contribution < -0.4 is 11.5 Å². The largest absolute Gasteiger partial charge is 0.454 e. The predicted molar refractivity (Wildman–Crippen MR) is 162 cm³/mol. The van der Waals surface area contributed by atoms with Crippen LogP contribution in [-0.2, 0) is 4.74 Å². The number of esters is 1. The molecule has 0 saturated heterocycles. The van der Waals surface area contributed by atoms with Gasteiger partial charge in [0.05, 0.1) is 10.9 Å². The third kappa shape index (κ3) is 11.4. The van der Waals surface area contributed by atoms with E-state index in [1.165, 1.54) is 70.6 Å². The summed E-state index contributed by atoms with van der Waals surface area (Å²) in [7, 11) is 0. The van der Waals surface area contributed by atoms with Gasteiger partial charge in [-0.15, -0.1) is 11.6 Å². The molecule has 0 aliphatic rings. The first-order valence-electron chi connectivity index (χ1n) is 14.9. The maximum Gasteiger partial charge on any atom is 0.338 e. The Bertz CT molecular complexity index is 907. The van der Waals surface area contributed by atoms with E-state index in [2.05, 4.69) is 13.8 Å². The van der Waals surface area contributed by atoms with Gasteiger partial charge in [0.1, 0.15) is 6.10 Å². The lowest BCUT2D eigenvalue weighted by molar-refractivity contribution is 0.0108. The maximum atomic E-state index is 13.0. The summed E-state index contributed by atoms with van der Waals surface area (Å²) in [6.45, 7) is 6.49. The molecule has 4 N–H and O–H groups in total.